The van der Waals surface area contributed by atoms with Crippen molar-refractivity contribution in [2.75, 3.05) is 6.61 Å². The number of rotatable bonds is 3. The van der Waals surface area contributed by atoms with E-state index in [1.54, 1.807) is 6.92 Å². The highest BCUT2D eigenvalue weighted by Gasteiger charge is 2.34. The smallest absolute Gasteiger partial charge is 0.330 e. The highest BCUT2D eigenvalue weighted by molar-refractivity contribution is 5.94. The summed E-state index contributed by atoms with van der Waals surface area (Å²) in [6.45, 7) is 1.57. The molecule has 0 aromatic rings. The van der Waals surface area contributed by atoms with Crippen LogP contribution in [0.5, 0.6) is 0 Å². The van der Waals surface area contributed by atoms with Crippen LogP contribution < -0.4 is 0 Å². The average molecular weight is 198 g/mol. The Hall–Kier alpha value is -1.65. The van der Waals surface area contributed by atoms with E-state index in [0.29, 0.717) is 0 Å². The number of allylic oxidation sites excluding steroid dienone is 1. The topological polar surface area (TPSA) is 69.7 Å². The van der Waals surface area contributed by atoms with Gasteiger partial charge in [0.25, 0.3) is 0 Å². The van der Waals surface area contributed by atoms with Crippen LogP contribution in [0.2, 0.25) is 0 Å². The fraction of sp³-hybridized carbons (Fsp3) is 0.444. The molecule has 5 nitrogen and oxygen atoms in total. The standard InChI is InChI=1S/C9H10O5/c1-2-3-7(10)13-5-6-4-8(11)14-9(6)12/h2-3,6H,4-5H2,1H3/b3-2+. The molecule has 14 heavy (non-hydrogen) atoms. The first-order valence-corrected chi connectivity index (χ1v) is 4.17. The Kier molecular flexibility index (Phi) is 3.39. The summed E-state index contributed by atoms with van der Waals surface area (Å²) in [6, 6.07) is 0. The Morgan fingerprint density at radius 2 is 2.36 bits per heavy atom. The van der Waals surface area contributed by atoms with Crippen LogP contribution in [0.1, 0.15) is 13.3 Å². The zero-order chi connectivity index (χ0) is 10.6. The minimum absolute atomic E-state index is 0.0120. The normalized spacial score (nSPS) is 21.4. The van der Waals surface area contributed by atoms with Crippen LogP contribution in [-0.4, -0.2) is 24.5 Å². The maximum Gasteiger partial charge on any atom is 0.330 e. The SMILES string of the molecule is C/C=C/C(=O)OCC1CC(=O)OC1=O. The summed E-state index contributed by atoms with van der Waals surface area (Å²) in [4.78, 5) is 32.4. The maximum atomic E-state index is 10.9. The zero-order valence-electron chi connectivity index (χ0n) is 7.69. The average Bonchev–Trinajstić information content (AvgIpc) is 2.42. The Morgan fingerprint density at radius 3 is 2.86 bits per heavy atom. The molecule has 0 radical (unpaired) electrons. The van der Waals surface area contributed by atoms with E-state index in [4.69, 9.17) is 4.74 Å². The number of hydrogen-bond donors (Lipinski definition) is 0. The molecule has 0 aromatic carbocycles. The molecule has 1 aliphatic rings. The molecule has 1 aliphatic heterocycles. The lowest BCUT2D eigenvalue weighted by Crippen LogP contribution is -2.16. The van der Waals surface area contributed by atoms with Gasteiger partial charge in [-0.3, -0.25) is 9.59 Å². The number of ether oxygens (including phenoxy) is 2. The molecule has 1 saturated heterocycles. The predicted octanol–water partition coefficient (Wildman–Crippen LogP) is 0.195. The van der Waals surface area contributed by atoms with Gasteiger partial charge in [-0.15, -0.1) is 0 Å². The van der Waals surface area contributed by atoms with Crippen molar-refractivity contribution in [1.29, 1.82) is 0 Å². The second kappa shape index (κ2) is 4.55. The lowest BCUT2D eigenvalue weighted by molar-refractivity contribution is -0.153. The number of carbonyl (C=O) groups is 3. The highest BCUT2D eigenvalue weighted by atomic mass is 16.6. The lowest BCUT2D eigenvalue weighted by Gasteiger charge is -2.03. The molecule has 0 aromatic heterocycles. The summed E-state index contributed by atoms with van der Waals surface area (Å²) in [5.74, 6) is -2.36. The summed E-state index contributed by atoms with van der Waals surface area (Å²) in [5, 5.41) is 0. The molecular weight excluding hydrogens is 188 g/mol. The van der Waals surface area contributed by atoms with Gasteiger partial charge in [-0.25, -0.2) is 4.79 Å². The molecule has 1 heterocycles. The van der Waals surface area contributed by atoms with Gasteiger partial charge in [-0.1, -0.05) is 6.08 Å². The molecule has 1 fully saturated rings. The first-order valence-electron chi connectivity index (χ1n) is 4.17. The summed E-state index contributed by atoms with van der Waals surface area (Å²) < 4.78 is 8.99. The van der Waals surface area contributed by atoms with Crippen molar-refractivity contribution >= 4 is 17.9 Å². The molecule has 1 rings (SSSR count). The third-order valence-electron chi connectivity index (χ3n) is 1.69. The molecule has 0 bridgehead atoms. The van der Waals surface area contributed by atoms with Gasteiger partial charge in [-0.2, -0.15) is 0 Å². The molecule has 1 atom stereocenters. The molecule has 5 heteroatoms. The third-order valence-corrected chi connectivity index (χ3v) is 1.69. The fourth-order valence-corrected chi connectivity index (χ4v) is 1.02. The second-order valence-corrected chi connectivity index (χ2v) is 2.82. The number of cyclic esters (lactones) is 2. The van der Waals surface area contributed by atoms with Gasteiger partial charge in [0, 0.05) is 6.08 Å². The summed E-state index contributed by atoms with van der Waals surface area (Å²) >= 11 is 0. The van der Waals surface area contributed by atoms with Crippen molar-refractivity contribution in [3.05, 3.63) is 12.2 Å². The number of esters is 3. The molecule has 0 N–H and O–H groups in total. The van der Waals surface area contributed by atoms with Gasteiger partial charge >= 0.3 is 17.9 Å². The van der Waals surface area contributed by atoms with E-state index in [1.807, 2.05) is 0 Å². The van der Waals surface area contributed by atoms with Gasteiger partial charge in [-0.05, 0) is 6.92 Å². The van der Waals surface area contributed by atoms with Crippen LogP contribution >= 0.6 is 0 Å². The van der Waals surface area contributed by atoms with Crippen LogP contribution in [0.25, 0.3) is 0 Å². The van der Waals surface area contributed by atoms with Crippen LogP contribution in [0.15, 0.2) is 12.2 Å². The molecule has 0 amide bonds. The van der Waals surface area contributed by atoms with Crippen molar-refractivity contribution in [3.8, 4) is 0 Å². The molecule has 0 spiro atoms. The van der Waals surface area contributed by atoms with E-state index in [0.717, 1.165) is 0 Å². The minimum Gasteiger partial charge on any atom is -0.462 e. The summed E-state index contributed by atoms with van der Waals surface area (Å²) in [6.07, 6.45) is 2.75. The minimum atomic E-state index is -0.642. The second-order valence-electron chi connectivity index (χ2n) is 2.82. The van der Waals surface area contributed by atoms with Crippen LogP contribution in [0.3, 0.4) is 0 Å². The zero-order valence-corrected chi connectivity index (χ0v) is 7.69. The van der Waals surface area contributed by atoms with Gasteiger partial charge < -0.3 is 9.47 Å². The number of hydrogen-bond acceptors (Lipinski definition) is 5. The Morgan fingerprint density at radius 1 is 1.64 bits per heavy atom. The first kappa shape index (κ1) is 10.4. The van der Waals surface area contributed by atoms with Gasteiger partial charge in [0.05, 0.1) is 6.42 Å². The van der Waals surface area contributed by atoms with Crippen LogP contribution in [0.4, 0.5) is 0 Å². The van der Waals surface area contributed by atoms with E-state index in [-0.39, 0.29) is 13.0 Å². The molecule has 0 aliphatic carbocycles. The largest absolute Gasteiger partial charge is 0.462 e. The van der Waals surface area contributed by atoms with E-state index in [9.17, 15) is 14.4 Å². The van der Waals surface area contributed by atoms with Crippen molar-refractivity contribution in [2.45, 2.75) is 13.3 Å². The van der Waals surface area contributed by atoms with Crippen molar-refractivity contribution in [3.63, 3.8) is 0 Å². The van der Waals surface area contributed by atoms with Gasteiger partial charge in [0.2, 0.25) is 0 Å². The first-order chi connectivity index (χ1) is 6.63. The van der Waals surface area contributed by atoms with Crippen LogP contribution in [0, 0.1) is 5.92 Å². The van der Waals surface area contributed by atoms with E-state index in [2.05, 4.69) is 4.74 Å². The Balaban J connectivity index is 2.35. The summed E-state index contributed by atoms with van der Waals surface area (Å²) in [5.41, 5.74) is 0. The van der Waals surface area contributed by atoms with E-state index < -0.39 is 23.8 Å². The van der Waals surface area contributed by atoms with Gasteiger partial charge in [0.1, 0.15) is 12.5 Å². The maximum absolute atomic E-state index is 10.9. The third kappa shape index (κ3) is 2.69. The Bertz CT molecular complexity index is 292. The van der Waals surface area contributed by atoms with Crippen molar-refractivity contribution in [2.24, 2.45) is 5.92 Å². The van der Waals surface area contributed by atoms with Crippen LogP contribution in [-0.2, 0) is 23.9 Å². The van der Waals surface area contributed by atoms with E-state index >= 15 is 0 Å². The number of carbonyl (C=O) groups excluding carboxylic acids is 3. The molecular formula is C9H10O5. The van der Waals surface area contributed by atoms with E-state index in [1.165, 1.54) is 12.2 Å². The monoisotopic (exact) mass is 198 g/mol. The predicted molar refractivity (Wildman–Crippen MR) is 45.0 cm³/mol. The van der Waals surface area contributed by atoms with Crippen molar-refractivity contribution in [1.82, 2.24) is 0 Å². The molecule has 1 unspecified atom stereocenters. The fourth-order valence-electron chi connectivity index (χ4n) is 1.02. The summed E-state index contributed by atoms with van der Waals surface area (Å²) in [7, 11) is 0. The highest BCUT2D eigenvalue weighted by Crippen LogP contribution is 2.15. The van der Waals surface area contributed by atoms with Crippen molar-refractivity contribution < 1.29 is 23.9 Å². The molecule has 0 saturated carbocycles. The molecule has 76 valence electrons. The lowest BCUT2D eigenvalue weighted by atomic mass is 10.1. The van der Waals surface area contributed by atoms with Gasteiger partial charge in [0.15, 0.2) is 0 Å². The Labute approximate surface area is 80.7 Å². The quantitative estimate of drug-likeness (QED) is 0.368.